The highest BCUT2D eigenvalue weighted by atomic mass is 16.6. The molecule has 6 atom stereocenters. The molecule has 1 aromatic carbocycles. The minimum absolute atomic E-state index is 0.0467. The van der Waals surface area contributed by atoms with Crippen LogP contribution < -0.4 is 31.7 Å². The zero-order chi connectivity index (χ0) is 41.6. The summed E-state index contributed by atoms with van der Waals surface area (Å²) in [6.07, 6.45) is -0.0605. The van der Waals surface area contributed by atoms with Crippen molar-refractivity contribution in [2.45, 2.75) is 142 Å². The van der Waals surface area contributed by atoms with E-state index in [-0.39, 0.29) is 19.6 Å². The molecule has 0 saturated carbocycles. The van der Waals surface area contributed by atoms with Gasteiger partial charge in [-0.1, -0.05) is 32.4 Å². The molecule has 0 unspecified atom stereocenters. The smallest absolute Gasteiger partial charge is 0.328 e. The van der Waals surface area contributed by atoms with Gasteiger partial charge in [-0.05, 0) is 85.9 Å². The van der Waals surface area contributed by atoms with Gasteiger partial charge < -0.3 is 51.1 Å². The Kier molecular flexibility index (Phi) is 18.5. The molecule has 16 heteroatoms. The van der Waals surface area contributed by atoms with Crippen LogP contribution >= 0.6 is 0 Å². The van der Waals surface area contributed by atoms with Crippen molar-refractivity contribution in [3.63, 3.8) is 0 Å². The van der Waals surface area contributed by atoms with E-state index in [0.29, 0.717) is 17.7 Å². The number of rotatable bonds is 20. The lowest BCUT2D eigenvalue weighted by atomic mass is 9.97. The number of hydrogen-bond donors (Lipinski definition) is 6. The first kappa shape index (κ1) is 47.7. The maximum Gasteiger partial charge on any atom is 0.328 e. The number of benzene rings is 1. The van der Waals surface area contributed by atoms with E-state index in [9.17, 15) is 33.9 Å². The maximum absolute atomic E-state index is 14.0. The highest BCUT2D eigenvalue weighted by Gasteiger charge is 2.35. The molecule has 0 aliphatic carbocycles. The molecule has 1 rings (SSSR count). The van der Waals surface area contributed by atoms with Crippen LogP contribution in [0.25, 0.3) is 0 Å². The zero-order valence-corrected chi connectivity index (χ0v) is 33.9. The number of esters is 1. The van der Waals surface area contributed by atoms with Crippen LogP contribution in [0, 0.1) is 5.92 Å². The van der Waals surface area contributed by atoms with Crippen molar-refractivity contribution >= 4 is 35.6 Å². The summed E-state index contributed by atoms with van der Waals surface area (Å²) in [6.45, 7) is 18.9. The van der Waals surface area contributed by atoms with Gasteiger partial charge in [-0.3, -0.25) is 24.0 Å². The quantitative estimate of drug-likeness (QED) is 0.105. The van der Waals surface area contributed by atoms with Crippen molar-refractivity contribution in [2.75, 3.05) is 20.3 Å². The molecule has 0 fully saturated rings. The first-order valence-electron chi connectivity index (χ1n) is 18.1. The van der Waals surface area contributed by atoms with Gasteiger partial charge in [0.2, 0.25) is 23.6 Å². The Morgan fingerprint density at radius 3 is 1.74 bits per heavy atom. The predicted molar refractivity (Wildman–Crippen MR) is 201 cm³/mol. The molecule has 54 heavy (non-hydrogen) atoms. The van der Waals surface area contributed by atoms with Gasteiger partial charge in [0.15, 0.2) is 6.04 Å². The fourth-order valence-electron chi connectivity index (χ4n) is 4.77. The van der Waals surface area contributed by atoms with Gasteiger partial charge in [-0.25, -0.2) is 4.79 Å². The summed E-state index contributed by atoms with van der Waals surface area (Å²) in [5.41, 5.74) is 4.69. The van der Waals surface area contributed by atoms with Gasteiger partial charge in [0.1, 0.15) is 35.1 Å². The van der Waals surface area contributed by atoms with Crippen LogP contribution in [0.3, 0.4) is 0 Å². The van der Waals surface area contributed by atoms with E-state index in [1.807, 2.05) is 20.8 Å². The van der Waals surface area contributed by atoms with Crippen LogP contribution in [0.5, 0.6) is 5.75 Å². The summed E-state index contributed by atoms with van der Waals surface area (Å²) in [7, 11) is 1.29. The Morgan fingerprint density at radius 2 is 1.26 bits per heavy atom. The summed E-state index contributed by atoms with van der Waals surface area (Å²) in [5, 5.41) is 19.9. The van der Waals surface area contributed by atoms with Crippen molar-refractivity contribution in [1.82, 2.24) is 21.3 Å². The lowest BCUT2D eigenvalue weighted by Gasteiger charge is -2.30. The number of nitrogens with one attached hydrogen (secondary N) is 4. The number of aliphatic carboxylic acids is 1. The molecular weight excluding hydrogens is 702 g/mol. The molecule has 306 valence electrons. The van der Waals surface area contributed by atoms with E-state index in [1.54, 1.807) is 79.7 Å². The molecule has 7 N–H and O–H groups in total. The molecule has 0 bridgehead atoms. The van der Waals surface area contributed by atoms with Crippen LogP contribution in [-0.4, -0.2) is 108 Å². The largest absolute Gasteiger partial charge is 0.488 e. The van der Waals surface area contributed by atoms with E-state index in [1.165, 1.54) is 7.11 Å². The van der Waals surface area contributed by atoms with Gasteiger partial charge in [0.05, 0.1) is 31.3 Å². The van der Waals surface area contributed by atoms with Crippen molar-refractivity contribution < 1.29 is 52.8 Å². The Bertz CT molecular complexity index is 1410. The van der Waals surface area contributed by atoms with Crippen molar-refractivity contribution in [3.05, 3.63) is 29.8 Å². The van der Waals surface area contributed by atoms with E-state index in [2.05, 4.69) is 21.3 Å². The van der Waals surface area contributed by atoms with Gasteiger partial charge >= 0.3 is 11.9 Å². The molecule has 0 heterocycles. The van der Waals surface area contributed by atoms with Crippen LogP contribution in [0.4, 0.5) is 0 Å². The van der Waals surface area contributed by atoms with Crippen molar-refractivity contribution in [3.8, 4) is 5.75 Å². The first-order chi connectivity index (χ1) is 24.7. The van der Waals surface area contributed by atoms with Crippen molar-refractivity contribution in [2.24, 2.45) is 11.7 Å². The number of carboxylic acids is 1. The number of ether oxygens (including phenoxy) is 4. The predicted octanol–water partition coefficient (Wildman–Crippen LogP) is 2.00. The third-order valence-electron chi connectivity index (χ3n) is 7.62. The fourth-order valence-corrected chi connectivity index (χ4v) is 4.77. The molecule has 0 aromatic heterocycles. The van der Waals surface area contributed by atoms with Gasteiger partial charge in [0, 0.05) is 13.5 Å². The maximum atomic E-state index is 14.0. The lowest BCUT2D eigenvalue weighted by molar-refractivity contribution is -0.156. The second-order valence-electron chi connectivity index (χ2n) is 16.2. The summed E-state index contributed by atoms with van der Waals surface area (Å²) >= 11 is 0. The molecule has 0 saturated heterocycles. The molecule has 0 aliphatic rings. The standard InChI is InChI=1S/C38H63N5O11/c1-13-22(2)30(34(48)42-28(20-51-12)35(49)50)43-33(47)27(21-52-36(3,4)5)41-32(46)26(18-23-14-16-24(17-15-23)53-37(6,7)8)40-31(45)25(39)19-29(44)54-38(9,10)11/h14-17,22,25-28,30H,13,18-21,39H2,1-12H3,(H,40,45)(H,41,46)(H,42,48)(H,43,47)(H,49,50)/t22-,25-,26-,27-,28-,30-/m0/s1. The Labute approximate surface area is 319 Å². The Morgan fingerprint density at radius 1 is 0.722 bits per heavy atom. The average Bonchev–Trinajstić information content (AvgIpc) is 3.02. The normalized spacial score (nSPS) is 15.4. The third-order valence-corrected chi connectivity index (χ3v) is 7.62. The number of carbonyl (C=O) groups is 6. The summed E-state index contributed by atoms with van der Waals surface area (Å²) in [5.74, 6) is -5.02. The summed E-state index contributed by atoms with van der Waals surface area (Å²) in [6, 6.07) is 0.318. The second kappa shape index (κ2) is 21.0. The molecular formula is C38H63N5O11. The number of amides is 4. The molecule has 0 aliphatic heterocycles. The molecule has 0 radical (unpaired) electrons. The second-order valence-corrected chi connectivity index (χ2v) is 16.2. The molecule has 16 nitrogen and oxygen atoms in total. The van der Waals surface area contributed by atoms with Crippen LogP contribution in [0.2, 0.25) is 0 Å². The number of carboxylic acid groups (broad SMARTS) is 1. The van der Waals surface area contributed by atoms with E-state index in [4.69, 9.17) is 24.7 Å². The van der Waals surface area contributed by atoms with E-state index < -0.39 is 94.9 Å². The first-order valence-corrected chi connectivity index (χ1v) is 18.1. The van der Waals surface area contributed by atoms with Gasteiger partial charge in [0.25, 0.3) is 0 Å². The van der Waals surface area contributed by atoms with E-state index in [0.717, 1.165) is 0 Å². The van der Waals surface area contributed by atoms with Gasteiger partial charge in [-0.2, -0.15) is 0 Å². The Hall–Kier alpha value is -4.28. The Balaban J connectivity index is 3.46. The zero-order valence-electron chi connectivity index (χ0n) is 33.9. The van der Waals surface area contributed by atoms with Gasteiger partial charge in [-0.15, -0.1) is 0 Å². The third kappa shape index (κ3) is 18.7. The molecule has 1 aromatic rings. The lowest BCUT2D eigenvalue weighted by Crippen LogP contribution is -2.61. The van der Waals surface area contributed by atoms with Crippen LogP contribution in [0.1, 0.15) is 94.6 Å². The van der Waals surface area contributed by atoms with Crippen LogP contribution in [0.15, 0.2) is 24.3 Å². The number of hydrogen-bond acceptors (Lipinski definition) is 11. The number of carbonyl (C=O) groups excluding carboxylic acids is 5. The minimum atomic E-state index is -1.37. The van der Waals surface area contributed by atoms with Crippen LogP contribution in [-0.2, 0) is 49.4 Å². The summed E-state index contributed by atoms with van der Waals surface area (Å²) < 4.78 is 22.0. The highest BCUT2D eigenvalue weighted by Crippen LogP contribution is 2.20. The average molecular weight is 766 g/mol. The highest BCUT2D eigenvalue weighted by molar-refractivity contribution is 5.96. The fraction of sp³-hybridized carbons (Fsp3) is 0.684. The molecule has 0 spiro atoms. The van der Waals surface area contributed by atoms with E-state index >= 15 is 0 Å². The monoisotopic (exact) mass is 765 g/mol. The van der Waals surface area contributed by atoms with Crippen molar-refractivity contribution in [1.29, 1.82) is 0 Å². The minimum Gasteiger partial charge on any atom is -0.488 e. The SMILES string of the molecule is CC[C@H](C)[C@H](NC(=O)[C@H](COC(C)(C)C)NC(=O)[C@H](Cc1ccc(OC(C)(C)C)cc1)NC(=O)[C@@H](N)CC(=O)OC(C)(C)C)C(=O)N[C@@H](COC)C(=O)O. The summed E-state index contributed by atoms with van der Waals surface area (Å²) in [4.78, 5) is 78.7. The number of methoxy groups -OCH3 is 1. The number of nitrogens with two attached hydrogens (primary N) is 1. The topological polar surface area (TPSA) is 234 Å². The molecule has 4 amide bonds.